The van der Waals surface area contributed by atoms with Crippen molar-refractivity contribution in [3.8, 4) is 5.75 Å². The van der Waals surface area contributed by atoms with Gasteiger partial charge in [0.2, 0.25) is 4.77 Å². The Hall–Kier alpha value is -3.06. The van der Waals surface area contributed by atoms with Crippen molar-refractivity contribution in [3.63, 3.8) is 0 Å². The summed E-state index contributed by atoms with van der Waals surface area (Å²) in [5.74, 6) is 0.759. The Morgan fingerprint density at radius 2 is 1.92 bits per heavy atom. The summed E-state index contributed by atoms with van der Waals surface area (Å²) in [6.07, 6.45) is 2.67. The first-order chi connectivity index (χ1) is 11.7. The van der Waals surface area contributed by atoms with Crippen molar-refractivity contribution in [3.05, 3.63) is 87.0 Å². The van der Waals surface area contributed by atoms with Crippen LogP contribution in [0.4, 0.5) is 0 Å². The molecule has 24 heavy (non-hydrogen) atoms. The lowest BCUT2D eigenvalue weighted by Crippen LogP contribution is -2.18. The molecule has 0 bridgehead atoms. The molecule has 6 nitrogen and oxygen atoms in total. The van der Waals surface area contributed by atoms with Crippen LogP contribution in [-0.4, -0.2) is 21.1 Å². The molecule has 0 saturated carbocycles. The molecule has 0 spiro atoms. The summed E-state index contributed by atoms with van der Waals surface area (Å²) in [5, 5.41) is 10.2. The summed E-state index contributed by atoms with van der Waals surface area (Å²) >= 11 is 4.97. The molecule has 2 aromatic carbocycles. The normalized spacial score (nSPS) is 10.8. The van der Waals surface area contributed by atoms with Crippen LogP contribution in [0.15, 0.2) is 70.7 Å². The molecule has 0 unspecified atom stereocenters. The lowest BCUT2D eigenvalue weighted by atomic mass is 10.2. The highest BCUT2D eigenvalue weighted by Crippen LogP contribution is 2.13. The van der Waals surface area contributed by atoms with Crippen LogP contribution in [0, 0.1) is 4.77 Å². The summed E-state index contributed by atoms with van der Waals surface area (Å²) < 4.78 is 6.93. The first-order valence-electron chi connectivity index (χ1n) is 7.20. The van der Waals surface area contributed by atoms with Crippen LogP contribution in [0.1, 0.15) is 11.1 Å². The van der Waals surface area contributed by atoms with Crippen LogP contribution in [0.25, 0.3) is 0 Å². The van der Waals surface area contributed by atoms with Crippen molar-refractivity contribution in [1.29, 1.82) is 0 Å². The highest BCUT2D eigenvalue weighted by molar-refractivity contribution is 7.71. The third kappa shape index (κ3) is 4.02. The molecule has 0 aliphatic carbocycles. The fourth-order valence-corrected chi connectivity index (χ4v) is 2.16. The number of H-pyrrole nitrogens is 1. The number of nitrogens with one attached hydrogen (secondary N) is 1. The number of aromatic nitrogens is 3. The Kier molecular flexibility index (Phi) is 4.93. The van der Waals surface area contributed by atoms with E-state index in [-0.39, 0.29) is 4.77 Å². The van der Waals surface area contributed by atoms with E-state index in [9.17, 15) is 4.79 Å². The minimum absolute atomic E-state index is 0.140. The predicted molar refractivity (Wildman–Crippen MR) is 93.9 cm³/mol. The molecule has 3 rings (SSSR count). The van der Waals surface area contributed by atoms with E-state index in [2.05, 4.69) is 15.3 Å². The van der Waals surface area contributed by atoms with E-state index in [0.717, 1.165) is 27.7 Å². The smallest absolute Gasteiger partial charge is 0.293 e. The first kappa shape index (κ1) is 15.8. The van der Waals surface area contributed by atoms with Crippen molar-refractivity contribution in [2.75, 3.05) is 0 Å². The molecule has 0 radical (unpaired) electrons. The molecule has 3 aromatic rings. The summed E-state index contributed by atoms with van der Waals surface area (Å²) in [6, 6.07) is 17.3. The predicted octanol–water partition coefficient (Wildman–Crippen LogP) is 2.76. The van der Waals surface area contributed by atoms with Gasteiger partial charge in [0, 0.05) is 0 Å². The van der Waals surface area contributed by atoms with Crippen LogP contribution in [0.2, 0.25) is 0 Å². The van der Waals surface area contributed by atoms with Crippen LogP contribution >= 0.6 is 12.2 Å². The fraction of sp³-hybridized carbons (Fsp3) is 0.0588. The molecule has 1 heterocycles. The summed E-state index contributed by atoms with van der Waals surface area (Å²) in [7, 11) is 0. The van der Waals surface area contributed by atoms with Crippen LogP contribution in [0.5, 0.6) is 5.75 Å². The van der Waals surface area contributed by atoms with E-state index in [1.807, 2.05) is 54.6 Å². The number of hydrogen-bond acceptors (Lipinski definition) is 5. The highest BCUT2D eigenvalue weighted by Gasteiger charge is 1.97. The third-order valence-corrected chi connectivity index (χ3v) is 3.45. The molecule has 0 aliphatic heterocycles. The van der Waals surface area contributed by atoms with Crippen molar-refractivity contribution in [2.24, 2.45) is 5.10 Å². The standard InChI is InChI=1S/C17H14N4O2S/c22-16-11-18-20-17(24)21(16)19-10-13-6-8-15(9-7-13)23-12-14-4-2-1-3-5-14/h1-11H,12H2,(H,20,24)/b19-10-. The Balaban J connectivity index is 1.67. The second-order valence-corrected chi connectivity index (χ2v) is 5.30. The maximum atomic E-state index is 11.6. The first-order valence-corrected chi connectivity index (χ1v) is 7.61. The average Bonchev–Trinajstić information content (AvgIpc) is 2.61. The van der Waals surface area contributed by atoms with Crippen molar-refractivity contribution in [2.45, 2.75) is 6.61 Å². The topological polar surface area (TPSA) is 72.3 Å². The van der Waals surface area contributed by atoms with Crippen LogP contribution in [-0.2, 0) is 6.61 Å². The molecule has 1 N–H and O–H groups in total. The number of nitrogens with zero attached hydrogens (tertiary/aromatic N) is 3. The minimum atomic E-state index is -0.391. The largest absolute Gasteiger partial charge is 0.489 e. The molecule has 0 amide bonds. The van der Waals surface area contributed by atoms with Gasteiger partial charge in [0.25, 0.3) is 5.56 Å². The number of ether oxygens (including phenoxy) is 1. The van der Waals surface area contributed by atoms with Crippen LogP contribution in [0.3, 0.4) is 0 Å². The zero-order valence-electron chi connectivity index (χ0n) is 12.6. The SMILES string of the molecule is O=c1cn[nH]c(=S)n1/N=C\c1ccc(OCc2ccccc2)cc1. The average molecular weight is 338 g/mol. The van der Waals surface area contributed by atoms with Gasteiger partial charge >= 0.3 is 0 Å². The number of aromatic amines is 1. The molecule has 1 aromatic heterocycles. The second kappa shape index (κ2) is 7.47. The Morgan fingerprint density at radius 1 is 1.17 bits per heavy atom. The summed E-state index contributed by atoms with van der Waals surface area (Å²) in [4.78, 5) is 11.6. The van der Waals surface area contributed by atoms with E-state index in [0.29, 0.717) is 6.61 Å². The second-order valence-electron chi connectivity index (χ2n) is 4.91. The van der Waals surface area contributed by atoms with Crippen LogP contribution < -0.4 is 10.3 Å². The van der Waals surface area contributed by atoms with Crippen molar-refractivity contribution < 1.29 is 4.74 Å². The van der Waals surface area contributed by atoms with Crippen molar-refractivity contribution in [1.82, 2.24) is 14.9 Å². The van der Waals surface area contributed by atoms with Gasteiger partial charge in [0.15, 0.2) is 0 Å². The van der Waals surface area contributed by atoms with Crippen molar-refractivity contribution >= 4 is 18.4 Å². The van der Waals surface area contributed by atoms with Gasteiger partial charge in [0.1, 0.15) is 18.6 Å². The van der Waals surface area contributed by atoms with E-state index < -0.39 is 5.56 Å². The molecule has 7 heteroatoms. The van der Waals surface area contributed by atoms with E-state index >= 15 is 0 Å². The maximum absolute atomic E-state index is 11.6. The summed E-state index contributed by atoms with van der Waals surface area (Å²) in [5.41, 5.74) is 1.53. The quantitative estimate of drug-likeness (QED) is 0.573. The van der Waals surface area contributed by atoms with Gasteiger partial charge in [0.05, 0.1) is 6.21 Å². The lowest BCUT2D eigenvalue weighted by molar-refractivity contribution is 0.306. The number of rotatable bonds is 5. The van der Waals surface area contributed by atoms with Gasteiger partial charge in [-0.25, -0.2) is 0 Å². The van der Waals surface area contributed by atoms with E-state index in [1.54, 1.807) is 6.21 Å². The Bertz CT molecular complexity index is 918. The molecule has 0 fully saturated rings. The highest BCUT2D eigenvalue weighted by atomic mass is 32.1. The zero-order valence-corrected chi connectivity index (χ0v) is 13.4. The van der Waals surface area contributed by atoms with Gasteiger partial charge in [-0.2, -0.15) is 14.9 Å². The molecule has 0 saturated heterocycles. The van der Waals surface area contributed by atoms with Gasteiger partial charge in [-0.1, -0.05) is 30.3 Å². The van der Waals surface area contributed by atoms with E-state index in [1.165, 1.54) is 0 Å². The van der Waals surface area contributed by atoms with Gasteiger partial charge in [-0.15, -0.1) is 0 Å². The molecule has 0 atom stereocenters. The molecular weight excluding hydrogens is 324 g/mol. The monoisotopic (exact) mass is 338 g/mol. The molecular formula is C17H14N4O2S. The Morgan fingerprint density at radius 3 is 2.62 bits per heavy atom. The fourth-order valence-electron chi connectivity index (χ4n) is 1.97. The number of benzene rings is 2. The Labute approximate surface area is 143 Å². The third-order valence-electron chi connectivity index (χ3n) is 3.19. The van der Waals surface area contributed by atoms with Gasteiger partial charge in [-0.3, -0.25) is 9.89 Å². The summed E-state index contributed by atoms with van der Waals surface area (Å²) in [6.45, 7) is 0.510. The van der Waals surface area contributed by atoms with Gasteiger partial charge in [-0.05, 0) is 47.6 Å². The van der Waals surface area contributed by atoms with E-state index in [4.69, 9.17) is 17.0 Å². The maximum Gasteiger partial charge on any atom is 0.293 e. The lowest BCUT2D eigenvalue weighted by Gasteiger charge is -2.06. The zero-order chi connectivity index (χ0) is 16.8. The minimum Gasteiger partial charge on any atom is -0.489 e. The molecule has 120 valence electrons. The number of hydrogen-bond donors (Lipinski definition) is 1. The molecule has 0 aliphatic rings. The van der Waals surface area contributed by atoms with Gasteiger partial charge < -0.3 is 4.74 Å².